The van der Waals surface area contributed by atoms with E-state index in [1.165, 1.54) is 15.5 Å². The number of carbonyl (C=O) groups excluding carboxylic acids is 1. The number of amides is 1. The van der Waals surface area contributed by atoms with Crippen molar-refractivity contribution in [3.63, 3.8) is 0 Å². The highest BCUT2D eigenvalue weighted by Gasteiger charge is 2.36. The molecule has 1 N–H and O–H groups in total. The maximum atomic E-state index is 13.9. The lowest BCUT2D eigenvalue weighted by Gasteiger charge is -2.31. The average molecular weight is 547 g/mol. The normalized spacial score (nSPS) is 12.0. The number of hydrogen-bond acceptors (Lipinski definition) is 5. The highest BCUT2D eigenvalue weighted by atomic mass is 35.5. The van der Waals surface area contributed by atoms with Crippen molar-refractivity contribution >= 4 is 34.4 Å². The van der Waals surface area contributed by atoms with Crippen LogP contribution in [-0.2, 0) is 11.3 Å². The van der Waals surface area contributed by atoms with Crippen LogP contribution in [0.1, 0.15) is 39.8 Å². The lowest BCUT2D eigenvalue weighted by atomic mass is 10.1. The molecule has 0 saturated heterocycles. The monoisotopic (exact) mass is 546 g/mol. The molecule has 1 heterocycles. The van der Waals surface area contributed by atoms with E-state index in [-0.39, 0.29) is 24.4 Å². The summed E-state index contributed by atoms with van der Waals surface area (Å²) in [5, 5.41) is 11.3. The topological polar surface area (TPSA) is 95.7 Å². The van der Waals surface area contributed by atoms with E-state index in [4.69, 9.17) is 11.6 Å². The van der Waals surface area contributed by atoms with Crippen molar-refractivity contribution < 1.29 is 14.7 Å². The predicted octanol–water partition coefficient (Wildman–Crippen LogP) is 4.63. The van der Waals surface area contributed by atoms with Crippen LogP contribution in [-0.4, -0.2) is 63.5 Å². The number of hydrogen-bond donors (Lipinski definition) is 1. The van der Waals surface area contributed by atoms with E-state index in [0.29, 0.717) is 28.9 Å². The van der Waals surface area contributed by atoms with Crippen LogP contribution in [0.15, 0.2) is 77.6 Å². The van der Waals surface area contributed by atoms with E-state index in [0.717, 1.165) is 11.1 Å². The summed E-state index contributed by atoms with van der Waals surface area (Å²) in [6.07, 6.45) is 0.524. The largest absolute Gasteiger partial charge is 0.479 e. The summed E-state index contributed by atoms with van der Waals surface area (Å²) in [5.74, 6) is -1.76. The summed E-state index contributed by atoms with van der Waals surface area (Å²) < 4.78 is 1.35. The quantitative estimate of drug-likeness (QED) is 0.312. The first-order chi connectivity index (χ1) is 18.7. The van der Waals surface area contributed by atoms with Gasteiger partial charge in [0.05, 0.1) is 17.4 Å². The zero-order valence-corrected chi connectivity index (χ0v) is 22.9. The number of nitrogens with zero attached hydrogens (tertiary/aromatic N) is 4. The Kier molecular flexibility index (Phi) is 8.79. The summed E-state index contributed by atoms with van der Waals surface area (Å²) in [7, 11) is 3.82. The molecule has 8 nitrogen and oxygen atoms in total. The number of aryl methyl sites for hydroxylation is 1. The molecule has 0 aliphatic rings. The molecule has 9 heteroatoms. The Labute approximate surface area is 232 Å². The lowest BCUT2D eigenvalue weighted by molar-refractivity contribution is -0.143. The molecular weight excluding hydrogens is 516 g/mol. The molecule has 0 saturated carbocycles. The van der Waals surface area contributed by atoms with Gasteiger partial charge in [-0.2, -0.15) is 0 Å². The van der Waals surface area contributed by atoms with Crippen LogP contribution in [0.25, 0.3) is 10.9 Å². The number of benzene rings is 3. The average Bonchev–Trinajstić information content (AvgIpc) is 2.89. The van der Waals surface area contributed by atoms with E-state index in [1.807, 2.05) is 62.3 Å². The van der Waals surface area contributed by atoms with Crippen LogP contribution in [0.2, 0.25) is 5.02 Å². The molecule has 4 aromatic rings. The number of carboxylic acid groups (broad SMARTS) is 1. The van der Waals surface area contributed by atoms with Crippen LogP contribution in [0.4, 0.5) is 0 Å². The van der Waals surface area contributed by atoms with E-state index in [2.05, 4.69) is 4.98 Å². The van der Waals surface area contributed by atoms with Gasteiger partial charge in [0.25, 0.3) is 11.5 Å². The van der Waals surface area contributed by atoms with Gasteiger partial charge in [0, 0.05) is 17.1 Å². The molecule has 0 spiro atoms. The SMILES string of the molecule is Cc1cccc(C(=O)N(CCCN(C)C)C(C(=O)O)c2nc3cc(Cl)ccc3c(=O)n2Cc2ccccc2)c1. The standard InChI is InChI=1S/C30H31ClN4O4/c1-20-9-7-12-22(17-20)28(36)34(16-8-15-33(2)3)26(30(38)39)27-32-25-18-23(31)13-14-24(25)29(37)35(27)19-21-10-5-4-6-11-21/h4-7,9-14,17-18,26H,8,15-16,19H2,1-3H3,(H,38,39). The first-order valence-corrected chi connectivity index (χ1v) is 13.0. The van der Waals surface area contributed by atoms with Crippen LogP contribution in [0, 0.1) is 6.92 Å². The molecule has 1 unspecified atom stereocenters. The van der Waals surface area contributed by atoms with Crippen molar-refractivity contribution in [2.24, 2.45) is 0 Å². The second-order valence-electron chi connectivity index (χ2n) is 9.77. The van der Waals surface area contributed by atoms with Gasteiger partial charge in [-0.15, -0.1) is 0 Å². The molecule has 1 atom stereocenters. The molecule has 39 heavy (non-hydrogen) atoms. The van der Waals surface area contributed by atoms with Crippen LogP contribution < -0.4 is 5.56 Å². The van der Waals surface area contributed by atoms with Gasteiger partial charge in [-0.3, -0.25) is 14.2 Å². The van der Waals surface area contributed by atoms with E-state index in [9.17, 15) is 19.5 Å². The number of halogens is 1. The maximum absolute atomic E-state index is 13.9. The first-order valence-electron chi connectivity index (χ1n) is 12.6. The molecule has 0 aliphatic heterocycles. The van der Waals surface area contributed by atoms with Gasteiger partial charge in [0.1, 0.15) is 5.82 Å². The molecule has 0 bridgehead atoms. The second kappa shape index (κ2) is 12.2. The van der Waals surface area contributed by atoms with Crippen molar-refractivity contribution in [3.05, 3.63) is 111 Å². The third-order valence-corrected chi connectivity index (χ3v) is 6.69. The maximum Gasteiger partial charge on any atom is 0.334 e. The number of fused-ring (bicyclic) bond motifs is 1. The fourth-order valence-electron chi connectivity index (χ4n) is 4.57. The second-order valence-corrected chi connectivity index (χ2v) is 10.2. The summed E-state index contributed by atoms with van der Waals surface area (Å²) in [6.45, 7) is 2.75. The smallest absolute Gasteiger partial charge is 0.334 e. The third kappa shape index (κ3) is 6.53. The molecule has 3 aromatic carbocycles. The van der Waals surface area contributed by atoms with Crippen molar-refractivity contribution in [1.29, 1.82) is 0 Å². The van der Waals surface area contributed by atoms with Gasteiger partial charge in [-0.05, 0) is 69.9 Å². The van der Waals surface area contributed by atoms with E-state index >= 15 is 0 Å². The van der Waals surface area contributed by atoms with Crippen LogP contribution >= 0.6 is 11.6 Å². The molecule has 202 valence electrons. The number of aliphatic carboxylic acids is 1. The Balaban J connectivity index is 1.93. The van der Waals surface area contributed by atoms with E-state index < -0.39 is 23.5 Å². The molecule has 1 aromatic heterocycles. The van der Waals surface area contributed by atoms with Crippen molar-refractivity contribution in [2.45, 2.75) is 25.9 Å². The predicted molar refractivity (Wildman–Crippen MR) is 152 cm³/mol. The number of carboxylic acids is 1. The number of aromatic nitrogens is 2. The van der Waals surface area contributed by atoms with Gasteiger partial charge in [-0.25, -0.2) is 9.78 Å². The minimum Gasteiger partial charge on any atom is -0.479 e. The molecule has 4 rings (SSSR count). The van der Waals surface area contributed by atoms with Gasteiger partial charge in [0.15, 0.2) is 6.04 Å². The lowest BCUT2D eigenvalue weighted by Crippen LogP contribution is -2.43. The van der Waals surface area contributed by atoms with Gasteiger partial charge in [-0.1, -0.05) is 59.6 Å². The summed E-state index contributed by atoms with van der Waals surface area (Å²) in [5.41, 5.74) is 1.91. The molecule has 1 amide bonds. The molecule has 0 aliphatic carbocycles. The Hall–Kier alpha value is -4.01. The highest BCUT2D eigenvalue weighted by Crippen LogP contribution is 2.26. The highest BCUT2D eigenvalue weighted by molar-refractivity contribution is 6.31. The summed E-state index contributed by atoms with van der Waals surface area (Å²) in [6, 6.07) is 19.5. The Morgan fingerprint density at radius 2 is 1.74 bits per heavy atom. The molecule has 0 radical (unpaired) electrons. The fraction of sp³-hybridized carbons (Fsp3) is 0.267. The van der Waals surface area contributed by atoms with Crippen molar-refractivity contribution in [1.82, 2.24) is 19.4 Å². The zero-order valence-electron chi connectivity index (χ0n) is 22.2. The third-order valence-electron chi connectivity index (χ3n) is 6.45. The van der Waals surface area contributed by atoms with Gasteiger partial charge >= 0.3 is 5.97 Å². The Bertz CT molecular complexity index is 1550. The minimum absolute atomic E-state index is 0.0306. The summed E-state index contributed by atoms with van der Waals surface area (Å²) >= 11 is 6.21. The summed E-state index contributed by atoms with van der Waals surface area (Å²) in [4.78, 5) is 48.6. The van der Waals surface area contributed by atoms with Gasteiger partial charge in [0.2, 0.25) is 0 Å². The van der Waals surface area contributed by atoms with Gasteiger partial charge < -0.3 is 14.9 Å². The fourth-order valence-corrected chi connectivity index (χ4v) is 4.74. The number of rotatable bonds is 10. The van der Waals surface area contributed by atoms with E-state index in [1.54, 1.807) is 30.3 Å². The van der Waals surface area contributed by atoms with Crippen LogP contribution in [0.3, 0.4) is 0 Å². The Morgan fingerprint density at radius 1 is 1.00 bits per heavy atom. The zero-order chi connectivity index (χ0) is 28.1. The number of carbonyl (C=O) groups is 2. The molecule has 0 fully saturated rings. The molecular formula is C30H31ClN4O4. The Morgan fingerprint density at radius 3 is 2.41 bits per heavy atom. The first kappa shape index (κ1) is 28.0. The minimum atomic E-state index is -1.51. The van der Waals surface area contributed by atoms with Crippen molar-refractivity contribution in [3.8, 4) is 0 Å². The van der Waals surface area contributed by atoms with Crippen LogP contribution in [0.5, 0.6) is 0 Å². The van der Waals surface area contributed by atoms with Crippen molar-refractivity contribution in [2.75, 3.05) is 27.2 Å².